The first-order valence-electron chi connectivity index (χ1n) is 5.25. The molecule has 1 aliphatic carbocycles. The predicted molar refractivity (Wildman–Crippen MR) is 52.2 cm³/mol. The molecule has 0 amide bonds. The van der Waals surface area contributed by atoms with Gasteiger partial charge in [-0.15, -0.1) is 0 Å². The Morgan fingerprint density at radius 2 is 2.36 bits per heavy atom. The second kappa shape index (κ2) is 3.46. The molecule has 0 radical (unpaired) electrons. The molecule has 80 valence electrons. The molecule has 0 aromatic heterocycles. The first kappa shape index (κ1) is 9.84. The van der Waals surface area contributed by atoms with Crippen molar-refractivity contribution in [1.29, 1.82) is 0 Å². The fourth-order valence-electron chi connectivity index (χ4n) is 2.46. The summed E-state index contributed by atoms with van der Waals surface area (Å²) in [6.45, 7) is 4.45. The van der Waals surface area contributed by atoms with Crippen LogP contribution in [0, 0.1) is 11.3 Å². The van der Waals surface area contributed by atoms with Crippen molar-refractivity contribution in [3.8, 4) is 0 Å². The third kappa shape index (κ3) is 1.61. The average molecular weight is 198 g/mol. The molecule has 1 saturated carbocycles. The number of aliphatic hydroxyl groups excluding tert-OH is 1. The summed E-state index contributed by atoms with van der Waals surface area (Å²) >= 11 is 0. The van der Waals surface area contributed by atoms with Gasteiger partial charge in [-0.3, -0.25) is 0 Å². The monoisotopic (exact) mass is 198 g/mol. The van der Waals surface area contributed by atoms with Gasteiger partial charge in [-0.1, -0.05) is 20.3 Å². The Kier molecular flexibility index (Phi) is 2.43. The van der Waals surface area contributed by atoms with E-state index in [0.717, 1.165) is 6.42 Å². The van der Waals surface area contributed by atoms with E-state index >= 15 is 0 Å². The molecule has 0 bridgehead atoms. The number of hydrogen-bond acceptors (Lipinski definition) is 3. The first-order valence-corrected chi connectivity index (χ1v) is 5.25. The van der Waals surface area contributed by atoms with Gasteiger partial charge < -0.3 is 14.6 Å². The van der Waals surface area contributed by atoms with Crippen LogP contribution in [-0.2, 0) is 9.47 Å². The second-order valence-electron chi connectivity index (χ2n) is 4.85. The Morgan fingerprint density at radius 3 is 2.86 bits per heavy atom. The Morgan fingerprint density at radius 1 is 1.57 bits per heavy atom. The Labute approximate surface area is 84.7 Å². The van der Waals surface area contributed by atoms with Gasteiger partial charge in [0.1, 0.15) is 12.9 Å². The normalized spacial score (nSPS) is 34.9. The summed E-state index contributed by atoms with van der Waals surface area (Å²) in [6, 6.07) is 0. The first-order chi connectivity index (χ1) is 6.63. The number of hydrogen-bond donors (Lipinski definition) is 1. The molecule has 2 atom stereocenters. The van der Waals surface area contributed by atoms with E-state index in [1.54, 1.807) is 6.26 Å². The maximum atomic E-state index is 8.88. The van der Waals surface area contributed by atoms with E-state index in [4.69, 9.17) is 14.6 Å². The predicted octanol–water partition coefficient (Wildman–Crippen LogP) is 2.02. The third-order valence-corrected chi connectivity index (χ3v) is 3.43. The standard InChI is InChI=1S/C11H18O3/c1-11(2)5-3-4-9(11)10-13-7-8(6-12)14-10/h7,9-10,12H,3-6H2,1-2H3. The second-order valence-corrected chi connectivity index (χ2v) is 4.85. The highest BCUT2D eigenvalue weighted by Crippen LogP contribution is 2.46. The molecule has 1 N–H and O–H groups in total. The van der Waals surface area contributed by atoms with E-state index < -0.39 is 0 Å². The lowest BCUT2D eigenvalue weighted by molar-refractivity contribution is -0.102. The van der Waals surface area contributed by atoms with Gasteiger partial charge in [0.25, 0.3) is 0 Å². The highest BCUT2D eigenvalue weighted by atomic mass is 16.7. The molecule has 14 heavy (non-hydrogen) atoms. The van der Waals surface area contributed by atoms with Crippen LogP contribution in [0.25, 0.3) is 0 Å². The largest absolute Gasteiger partial charge is 0.459 e. The van der Waals surface area contributed by atoms with Crippen molar-refractivity contribution >= 4 is 0 Å². The number of rotatable bonds is 2. The smallest absolute Gasteiger partial charge is 0.243 e. The molecular weight excluding hydrogens is 180 g/mol. The van der Waals surface area contributed by atoms with Crippen LogP contribution in [0.3, 0.4) is 0 Å². The lowest BCUT2D eigenvalue weighted by atomic mass is 9.81. The van der Waals surface area contributed by atoms with Crippen molar-refractivity contribution < 1.29 is 14.6 Å². The van der Waals surface area contributed by atoms with Crippen LogP contribution in [0.15, 0.2) is 12.0 Å². The minimum atomic E-state index is -0.172. The SMILES string of the molecule is CC1(C)CCCC1C1OC=C(CO)O1. The zero-order chi connectivity index (χ0) is 10.2. The summed E-state index contributed by atoms with van der Waals surface area (Å²) in [7, 11) is 0. The summed E-state index contributed by atoms with van der Waals surface area (Å²) in [6.07, 6.45) is 5.00. The fraction of sp³-hybridized carbons (Fsp3) is 0.818. The van der Waals surface area contributed by atoms with Crippen molar-refractivity contribution in [3.05, 3.63) is 12.0 Å². The molecule has 2 aliphatic rings. The molecule has 1 heterocycles. The van der Waals surface area contributed by atoms with Crippen molar-refractivity contribution in [2.45, 2.75) is 39.4 Å². The topological polar surface area (TPSA) is 38.7 Å². The molecule has 3 heteroatoms. The summed E-state index contributed by atoms with van der Waals surface area (Å²) in [5.74, 6) is 1.00. The van der Waals surface area contributed by atoms with Crippen LogP contribution in [-0.4, -0.2) is 18.0 Å². The van der Waals surface area contributed by atoms with E-state index in [0.29, 0.717) is 17.1 Å². The molecular formula is C11H18O3. The highest BCUT2D eigenvalue weighted by molar-refractivity contribution is 4.97. The van der Waals surface area contributed by atoms with Crippen molar-refractivity contribution in [3.63, 3.8) is 0 Å². The molecule has 2 rings (SSSR count). The molecule has 1 fully saturated rings. The zero-order valence-electron chi connectivity index (χ0n) is 8.82. The van der Waals surface area contributed by atoms with Crippen LogP contribution in [0.4, 0.5) is 0 Å². The van der Waals surface area contributed by atoms with Crippen LogP contribution in [0.5, 0.6) is 0 Å². The van der Waals surface area contributed by atoms with Crippen LogP contribution < -0.4 is 0 Å². The molecule has 3 nitrogen and oxygen atoms in total. The lowest BCUT2D eigenvalue weighted by Gasteiger charge is -2.30. The van der Waals surface area contributed by atoms with Gasteiger partial charge in [0.15, 0.2) is 5.76 Å². The van der Waals surface area contributed by atoms with E-state index in [1.165, 1.54) is 12.8 Å². The van der Waals surface area contributed by atoms with Gasteiger partial charge in [0.2, 0.25) is 6.29 Å². The Bertz CT molecular complexity index is 245. The van der Waals surface area contributed by atoms with Gasteiger partial charge >= 0.3 is 0 Å². The average Bonchev–Trinajstić information content (AvgIpc) is 2.70. The maximum Gasteiger partial charge on any atom is 0.243 e. The van der Waals surface area contributed by atoms with Gasteiger partial charge in [0.05, 0.1) is 0 Å². The maximum absolute atomic E-state index is 8.88. The van der Waals surface area contributed by atoms with Crippen LogP contribution in [0.2, 0.25) is 0 Å². The quantitative estimate of drug-likeness (QED) is 0.737. The molecule has 0 saturated heterocycles. The van der Waals surface area contributed by atoms with Crippen LogP contribution in [0.1, 0.15) is 33.1 Å². The van der Waals surface area contributed by atoms with E-state index in [9.17, 15) is 0 Å². The molecule has 1 aliphatic heterocycles. The molecule has 0 aromatic carbocycles. The van der Waals surface area contributed by atoms with Gasteiger partial charge in [0, 0.05) is 5.92 Å². The van der Waals surface area contributed by atoms with Crippen molar-refractivity contribution in [2.24, 2.45) is 11.3 Å². The minimum Gasteiger partial charge on any atom is -0.459 e. The van der Waals surface area contributed by atoms with Gasteiger partial charge in [-0.25, -0.2) is 0 Å². The number of ether oxygens (including phenoxy) is 2. The van der Waals surface area contributed by atoms with E-state index in [-0.39, 0.29) is 12.9 Å². The fourth-order valence-corrected chi connectivity index (χ4v) is 2.46. The summed E-state index contributed by atoms with van der Waals surface area (Å²) < 4.78 is 11.0. The van der Waals surface area contributed by atoms with Crippen molar-refractivity contribution in [1.82, 2.24) is 0 Å². The summed E-state index contributed by atoms with van der Waals surface area (Å²) in [4.78, 5) is 0. The summed E-state index contributed by atoms with van der Waals surface area (Å²) in [5.41, 5.74) is 0.295. The zero-order valence-corrected chi connectivity index (χ0v) is 8.82. The molecule has 0 aromatic rings. The van der Waals surface area contributed by atoms with Crippen LogP contribution >= 0.6 is 0 Å². The Hall–Kier alpha value is -0.700. The lowest BCUT2D eigenvalue weighted by Crippen LogP contribution is -2.30. The minimum absolute atomic E-state index is 0.0658. The highest BCUT2D eigenvalue weighted by Gasteiger charge is 2.43. The third-order valence-electron chi connectivity index (χ3n) is 3.43. The number of aliphatic hydroxyl groups is 1. The van der Waals surface area contributed by atoms with E-state index in [2.05, 4.69) is 13.8 Å². The van der Waals surface area contributed by atoms with Crippen molar-refractivity contribution in [2.75, 3.05) is 6.61 Å². The van der Waals surface area contributed by atoms with Gasteiger partial charge in [-0.05, 0) is 18.3 Å². The summed E-state index contributed by atoms with van der Waals surface area (Å²) in [5, 5.41) is 8.88. The molecule has 2 unspecified atom stereocenters. The molecule has 0 spiro atoms. The Balaban J connectivity index is 1.98. The van der Waals surface area contributed by atoms with Gasteiger partial charge in [-0.2, -0.15) is 0 Å². The van der Waals surface area contributed by atoms with E-state index in [1.807, 2.05) is 0 Å².